The van der Waals surface area contributed by atoms with Gasteiger partial charge < -0.3 is 4.42 Å². The van der Waals surface area contributed by atoms with Crippen LogP contribution in [0.4, 0.5) is 0 Å². The molecule has 0 saturated carbocycles. The molecule has 0 aliphatic rings. The monoisotopic (exact) mass is 334 g/mol. The van der Waals surface area contributed by atoms with Gasteiger partial charge in [-0.3, -0.25) is 9.59 Å². The van der Waals surface area contributed by atoms with Gasteiger partial charge in [-0.1, -0.05) is 48.0 Å². The highest BCUT2D eigenvalue weighted by Gasteiger charge is 2.19. The molecule has 0 aliphatic heterocycles. The molecule has 0 atom stereocenters. The summed E-state index contributed by atoms with van der Waals surface area (Å²) in [6, 6.07) is 16.1. The lowest BCUT2D eigenvalue weighted by molar-refractivity contribution is 0.111. The van der Waals surface area contributed by atoms with Gasteiger partial charge in [0.1, 0.15) is 11.2 Å². The Kier molecular flexibility index (Phi) is 3.44. The van der Waals surface area contributed by atoms with Gasteiger partial charge in [0.05, 0.1) is 5.02 Å². The van der Waals surface area contributed by atoms with Gasteiger partial charge in [0.15, 0.2) is 12.6 Å². The lowest BCUT2D eigenvalue weighted by atomic mass is 9.94. The largest absolute Gasteiger partial charge is 0.455 e. The Hall–Kier alpha value is -2.91. The number of halogens is 1. The van der Waals surface area contributed by atoms with E-state index in [1.807, 2.05) is 24.3 Å². The third-order valence-corrected chi connectivity index (χ3v) is 4.45. The Morgan fingerprint density at radius 1 is 0.833 bits per heavy atom. The molecule has 1 aromatic heterocycles. The van der Waals surface area contributed by atoms with Crippen LogP contribution in [0.2, 0.25) is 5.02 Å². The van der Waals surface area contributed by atoms with Crippen LogP contribution in [0.1, 0.15) is 20.7 Å². The molecule has 0 spiro atoms. The van der Waals surface area contributed by atoms with Crippen LogP contribution in [0.3, 0.4) is 0 Å². The number of furan rings is 1. The number of carbonyl (C=O) groups is 2. The lowest BCUT2D eigenvalue weighted by Gasteiger charge is -2.08. The Morgan fingerprint density at radius 3 is 2.42 bits per heavy atom. The average molecular weight is 335 g/mol. The van der Waals surface area contributed by atoms with Gasteiger partial charge in [-0.25, -0.2) is 0 Å². The molecule has 4 aromatic rings. The van der Waals surface area contributed by atoms with Crippen LogP contribution in [-0.2, 0) is 0 Å². The number of carbonyl (C=O) groups excluding carboxylic acids is 2. The summed E-state index contributed by atoms with van der Waals surface area (Å²) in [5.74, 6) is 0. The van der Waals surface area contributed by atoms with E-state index < -0.39 is 0 Å². The van der Waals surface area contributed by atoms with Crippen molar-refractivity contribution in [3.63, 3.8) is 0 Å². The van der Waals surface area contributed by atoms with Crippen molar-refractivity contribution in [2.45, 2.75) is 0 Å². The quantitative estimate of drug-likeness (QED) is 0.463. The van der Waals surface area contributed by atoms with Crippen LogP contribution in [-0.4, -0.2) is 12.6 Å². The van der Waals surface area contributed by atoms with Crippen molar-refractivity contribution in [1.82, 2.24) is 0 Å². The maximum absolute atomic E-state index is 11.6. The number of fused-ring (bicyclic) bond motifs is 3. The fraction of sp³-hybridized carbons (Fsp3) is 0. The first-order valence-electron chi connectivity index (χ1n) is 7.38. The summed E-state index contributed by atoms with van der Waals surface area (Å²) in [5, 5.41) is 2.20. The first-order chi connectivity index (χ1) is 11.7. The first-order valence-corrected chi connectivity index (χ1v) is 7.76. The number of benzene rings is 3. The van der Waals surface area contributed by atoms with Crippen molar-refractivity contribution in [3.05, 3.63) is 70.7 Å². The molecule has 4 heteroatoms. The van der Waals surface area contributed by atoms with Crippen LogP contribution in [0.25, 0.3) is 33.1 Å². The van der Waals surface area contributed by atoms with Gasteiger partial charge in [0.25, 0.3) is 0 Å². The summed E-state index contributed by atoms with van der Waals surface area (Å²) in [5.41, 5.74) is 3.43. The van der Waals surface area contributed by atoms with E-state index in [2.05, 4.69) is 0 Å². The van der Waals surface area contributed by atoms with Crippen molar-refractivity contribution in [3.8, 4) is 11.1 Å². The number of hydrogen-bond donors (Lipinski definition) is 0. The molecule has 24 heavy (non-hydrogen) atoms. The van der Waals surface area contributed by atoms with Crippen molar-refractivity contribution in [2.24, 2.45) is 0 Å². The third-order valence-electron chi connectivity index (χ3n) is 4.13. The second kappa shape index (κ2) is 5.62. The summed E-state index contributed by atoms with van der Waals surface area (Å²) in [6.07, 6.45) is 1.55. The summed E-state index contributed by atoms with van der Waals surface area (Å²) in [6.45, 7) is 0. The van der Waals surface area contributed by atoms with E-state index in [4.69, 9.17) is 16.0 Å². The Bertz CT molecular complexity index is 1110. The minimum Gasteiger partial charge on any atom is -0.455 e. The standard InChI is InChI=1S/C20H11ClO3/c21-16-6-3-7-17-19(16)15-9-8-13(11-23)18(20(15)24-17)14-5-2-1-4-12(14)10-22/h1-11H. The molecule has 0 N–H and O–H groups in total. The Morgan fingerprint density at radius 2 is 1.62 bits per heavy atom. The van der Waals surface area contributed by atoms with E-state index in [1.54, 1.807) is 30.3 Å². The van der Waals surface area contributed by atoms with E-state index in [1.165, 1.54) is 0 Å². The van der Waals surface area contributed by atoms with Gasteiger partial charge in [-0.2, -0.15) is 0 Å². The molecule has 0 saturated heterocycles. The highest BCUT2D eigenvalue weighted by atomic mass is 35.5. The number of aldehydes is 2. The molecular formula is C20H11ClO3. The van der Waals surface area contributed by atoms with E-state index in [-0.39, 0.29) is 0 Å². The molecule has 3 nitrogen and oxygen atoms in total. The molecule has 0 aliphatic carbocycles. The maximum atomic E-state index is 11.6. The zero-order valence-electron chi connectivity index (χ0n) is 12.5. The number of rotatable bonds is 3. The summed E-state index contributed by atoms with van der Waals surface area (Å²) >= 11 is 6.32. The van der Waals surface area contributed by atoms with Gasteiger partial charge in [0.2, 0.25) is 0 Å². The average Bonchev–Trinajstić information content (AvgIpc) is 3.00. The van der Waals surface area contributed by atoms with E-state index in [9.17, 15) is 9.59 Å². The van der Waals surface area contributed by atoms with Crippen molar-refractivity contribution in [2.75, 3.05) is 0 Å². The molecule has 0 bridgehead atoms. The Balaban J connectivity index is 2.21. The van der Waals surface area contributed by atoms with Crippen LogP contribution in [0.5, 0.6) is 0 Å². The molecule has 3 aromatic carbocycles. The van der Waals surface area contributed by atoms with Crippen LogP contribution >= 0.6 is 11.6 Å². The van der Waals surface area contributed by atoms with Crippen LogP contribution < -0.4 is 0 Å². The molecule has 0 amide bonds. The van der Waals surface area contributed by atoms with Gasteiger partial charge >= 0.3 is 0 Å². The van der Waals surface area contributed by atoms with Crippen molar-refractivity contribution < 1.29 is 14.0 Å². The predicted molar refractivity (Wildman–Crippen MR) is 94.9 cm³/mol. The molecule has 0 fully saturated rings. The smallest absolute Gasteiger partial charge is 0.150 e. The molecule has 116 valence electrons. The minimum absolute atomic E-state index is 0.465. The fourth-order valence-electron chi connectivity index (χ4n) is 3.06. The molecule has 4 rings (SSSR count). The van der Waals surface area contributed by atoms with Crippen LogP contribution in [0.15, 0.2) is 59.0 Å². The zero-order valence-corrected chi connectivity index (χ0v) is 13.2. The summed E-state index contributed by atoms with van der Waals surface area (Å²) in [4.78, 5) is 23.0. The van der Waals surface area contributed by atoms with Crippen molar-refractivity contribution in [1.29, 1.82) is 0 Å². The highest BCUT2D eigenvalue weighted by Crippen LogP contribution is 2.40. The molecule has 0 unspecified atom stereocenters. The SMILES string of the molecule is O=Cc1ccccc1-c1c(C=O)ccc2c1oc1cccc(Cl)c12. The van der Waals surface area contributed by atoms with Gasteiger partial charge in [-0.05, 0) is 23.8 Å². The topological polar surface area (TPSA) is 47.3 Å². The zero-order chi connectivity index (χ0) is 16.7. The normalized spacial score (nSPS) is 11.0. The van der Waals surface area contributed by atoms with Gasteiger partial charge in [-0.15, -0.1) is 0 Å². The fourth-order valence-corrected chi connectivity index (χ4v) is 3.33. The van der Waals surface area contributed by atoms with E-state index >= 15 is 0 Å². The summed E-state index contributed by atoms with van der Waals surface area (Å²) < 4.78 is 6.00. The lowest BCUT2D eigenvalue weighted by Crippen LogP contribution is -1.93. The molecular weight excluding hydrogens is 324 g/mol. The van der Waals surface area contributed by atoms with E-state index in [0.29, 0.717) is 38.4 Å². The first kappa shape index (κ1) is 14.7. The molecule has 1 heterocycles. The maximum Gasteiger partial charge on any atom is 0.150 e. The van der Waals surface area contributed by atoms with Crippen molar-refractivity contribution >= 4 is 46.1 Å². The van der Waals surface area contributed by atoms with E-state index in [0.717, 1.165) is 23.3 Å². The highest BCUT2D eigenvalue weighted by molar-refractivity contribution is 6.38. The minimum atomic E-state index is 0.465. The summed E-state index contributed by atoms with van der Waals surface area (Å²) in [7, 11) is 0. The third kappa shape index (κ3) is 2.06. The second-order valence-corrected chi connectivity index (χ2v) is 5.85. The molecule has 0 radical (unpaired) electrons. The number of hydrogen-bond acceptors (Lipinski definition) is 3. The second-order valence-electron chi connectivity index (χ2n) is 5.44. The Labute approximate surface area is 142 Å². The van der Waals surface area contributed by atoms with Crippen LogP contribution in [0, 0.1) is 0 Å². The predicted octanol–water partition coefficient (Wildman–Crippen LogP) is 5.53. The van der Waals surface area contributed by atoms with Gasteiger partial charge in [0, 0.05) is 27.5 Å².